The standard InChI is InChI=1S/C12H15ClN4S2/c1-7(8-4-5-9(13)19-8)15-11-6-10(14-2)16-12(17-11)18-3/h4-7H,1-3H3,(H2,14,15,16,17). The summed E-state index contributed by atoms with van der Waals surface area (Å²) < 4.78 is 0.798. The first-order valence-corrected chi connectivity index (χ1v) is 8.17. The first kappa shape index (κ1) is 14.4. The van der Waals surface area contributed by atoms with E-state index in [9.17, 15) is 0 Å². The van der Waals surface area contributed by atoms with Crippen LogP contribution in [-0.4, -0.2) is 23.3 Å². The average molecular weight is 315 g/mol. The normalized spacial score (nSPS) is 12.2. The van der Waals surface area contributed by atoms with Gasteiger partial charge in [0.25, 0.3) is 0 Å². The van der Waals surface area contributed by atoms with E-state index in [0.717, 1.165) is 21.1 Å². The molecule has 7 heteroatoms. The molecule has 1 unspecified atom stereocenters. The van der Waals surface area contributed by atoms with Crippen LogP contribution in [0.5, 0.6) is 0 Å². The number of hydrogen-bond acceptors (Lipinski definition) is 6. The van der Waals surface area contributed by atoms with Crippen molar-refractivity contribution in [2.45, 2.75) is 18.1 Å². The first-order chi connectivity index (χ1) is 9.12. The first-order valence-electron chi connectivity index (χ1n) is 5.75. The van der Waals surface area contributed by atoms with Crippen LogP contribution in [-0.2, 0) is 0 Å². The van der Waals surface area contributed by atoms with Gasteiger partial charge in [0.15, 0.2) is 5.16 Å². The van der Waals surface area contributed by atoms with E-state index in [-0.39, 0.29) is 6.04 Å². The SMILES string of the molecule is CNc1cc(NC(C)c2ccc(Cl)s2)nc(SC)n1. The smallest absolute Gasteiger partial charge is 0.191 e. The van der Waals surface area contributed by atoms with E-state index in [1.165, 1.54) is 16.6 Å². The highest BCUT2D eigenvalue weighted by molar-refractivity contribution is 7.98. The lowest BCUT2D eigenvalue weighted by atomic mass is 10.3. The molecule has 0 aromatic carbocycles. The van der Waals surface area contributed by atoms with Crippen molar-refractivity contribution >= 4 is 46.3 Å². The molecule has 0 bridgehead atoms. The summed E-state index contributed by atoms with van der Waals surface area (Å²) in [4.78, 5) is 9.96. The number of thiophene rings is 1. The molecule has 0 aliphatic carbocycles. The number of anilines is 2. The van der Waals surface area contributed by atoms with Crippen molar-refractivity contribution in [1.29, 1.82) is 0 Å². The van der Waals surface area contributed by atoms with Crippen LogP contribution < -0.4 is 10.6 Å². The van der Waals surface area contributed by atoms with E-state index in [0.29, 0.717) is 0 Å². The molecule has 0 radical (unpaired) electrons. The Hall–Kier alpha value is -0.980. The van der Waals surface area contributed by atoms with Crippen LogP contribution in [0.4, 0.5) is 11.6 Å². The summed E-state index contributed by atoms with van der Waals surface area (Å²) in [5.41, 5.74) is 0. The number of nitrogens with zero attached hydrogens (tertiary/aromatic N) is 2. The van der Waals surface area contributed by atoms with E-state index in [4.69, 9.17) is 11.6 Å². The van der Waals surface area contributed by atoms with Gasteiger partial charge < -0.3 is 10.6 Å². The molecule has 102 valence electrons. The molecule has 0 fully saturated rings. The number of rotatable bonds is 5. The van der Waals surface area contributed by atoms with Crippen LogP contribution in [0.3, 0.4) is 0 Å². The highest BCUT2D eigenvalue weighted by Gasteiger charge is 2.10. The van der Waals surface area contributed by atoms with Crippen molar-refractivity contribution in [3.63, 3.8) is 0 Å². The average Bonchev–Trinajstić information content (AvgIpc) is 2.85. The Balaban J connectivity index is 2.18. The maximum Gasteiger partial charge on any atom is 0.191 e. The van der Waals surface area contributed by atoms with Crippen molar-refractivity contribution < 1.29 is 0 Å². The number of thioether (sulfide) groups is 1. The molecule has 2 rings (SSSR count). The summed E-state index contributed by atoms with van der Waals surface area (Å²) in [5, 5.41) is 7.15. The zero-order valence-corrected chi connectivity index (χ0v) is 13.3. The van der Waals surface area contributed by atoms with Gasteiger partial charge in [0.05, 0.1) is 10.4 Å². The summed E-state index contributed by atoms with van der Waals surface area (Å²) in [6, 6.07) is 5.99. The molecule has 2 aromatic heterocycles. The van der Waals surface area contributed by atoms with Gasteiger partial charge in [0, 0.05) is 18.0 Å². The van der Waals surface area contributed by atoms with Gasteiger partial charge in [-0.2, -0.15) is 0 Å². The molecule has 2 N–H and O–H groups in total. The molecule has 4 nitrogen and oxygen atoms in total. The predicted octanol–water partition coefficient (Wildman–Crippen LogP) is 4.13. The van der Waals surface area contributed by atoms with E-state index in [2.05, 4.69) is 27.5 Å². The van der Waals surface area contributed by atoms with Gasteiger partial charge in [-0.25, -0.2) is 9.97 Å². The molecule has 0 amide bonds. The fourth-order valence-electron chi connectivity index (χ4n) is 1.57. The van der Waals surface area contributed by atoms with E-state index in [1.807, 2.05) is 31.5 Å². The zero-order chi connectivity index (χ0) is 13.8. The highest BCUT2D eigenvalue weighted by atomic mass is 35.5. The summed E-state index contributed by atoms with van der Waals surface area (Å²) in [5.74, 6) is 1.61. The highest BCUT2D eigenvalue weighted by Crippen LogP contribution is 2.29. The summed E-state index contributed by atoms with van der Waals surface area (Å²) >= 11 is 9.05. The Morgan fingerprint density at radius 1 is 1.32 bits per heavy atom. The Kier molecular flexibility index (Phi) is 4.90. The van der Waals surface area contributed by atoms with Gasteiger partial charge in [-0.05, 0) is 25.3 Å². The van der Waals surface area contributed by atoms with E-state index in [1.54, 1.807) is 11.3 Å². The topological polar surface area (TPSA) is 49.8 Å². The van der Waals surface area contributed by atoms with Crippen LogP contribution >= 0.6 is 34.7 Å². The Morgan fingerprint density at radius 2 is 2.05 bits per heavy atom. The lowest BCUT2D eigenvalue weighted by molar-refractivity contribution is 0.873. The van der Waals surface area contributed by atoms with Crippen molar-refractivity contribution in [3.8, 4) is 0 Å². The van der Waals surface area contributed by atoms with Crippen LogP contribution in [0.1, 0.15) is 17.8 Å². The molecular formula is C12H15ClN4S2. The summed E-state index contributed by atoms with van der Waals surface area (Å²) in [6.45, 7) is 2.09. The molecular weight excluding hydrogens is 300 g/mol. The minimum absolute atomic E-state index is 0.159. The molecule has 0 aliphatic heterocycles. The van der Waals surface area contributed by atoms with Gasteiger partial charge in [0.2, 0.25) is 0 Å². The van der Waals surface area contributed by atoms with Crippen LogP contribution in [0, 0.1) is 0 Å². The van der Waals surface area contributed by atoms with Crippen LogP contribution in [0.15, 0.2) is 23.4 Å². The quantitative estimate of drug-likeness (QED) is 0.642. The maximum absolute atomic E-state index is 5.95. The molecule has 0 aliphatic rings. The second-order valence-electron chi connectivity index (χ2n) is 3.88. The molecule has 0 spiro atoms. The monoisotopic (exact) mass is 314 g/mol. The minimum Gasteiger partial charge on any atom is -0.373 e. The lowest BCUT2D eigenvalue weighted by Gasteiger charge is -2.14. The Bertz CT molecular complexity index is 536. The Labute approximate surface area is 126 Å². The van der Waals surface area contributed by atoms with Gasteiger partial charge in [0.1, 0.15) is 11.6 Å². The lowest BCUT2D eigenvalue weighted by Crippen LogP contribution is -2.08. The molecule has 2 heterocycles. The molecule has 1 atom stereocenters. The molecule has 2 aromatic rings. The molecule has 0 saturated carbocycles. The van der Waals surface area contributed by atoms with Gasteiger partial charge in [-0.3, -0.25) is 0 Å². The second-order valence-corrected chi connectivity index (χ2v) is 6.40. The van der Waals surface area contributed by atoms with Crippen molar-refractivity contribution in [1.82, 2.24) is 9.97 Å². The number of aromatic nitrogens is 2. The van der Waals surface area contributed by atoms with Crippen molar-refractivity contribution in [2.75, 3.05) is 23.9 Å². The minimum atomic E-state index is 0.159. The third-order valence-corrected chi connectivity index (χ3v) is 4.49. The Morgan fingerprint density at radius 3 is 2.63 bits per heavy atom. The predicted molar refractivity (Wildman–Crippen MR) is 84.7 cm³/mol. The summed E-state index contributed by atoms with van der Waals surface area (Å²) in [6.07, 6.45) is 1.96. The maximum atomic E-state index is 5.95. The largest absolute Gasteiger partial charge is 0.373 e. The number of nitrogens with one attached hydrogen (secondary N) is 2. The fourth-order valence-corrected chi connectivity index (χ4v) is 3.01. The third kappa shape index (κ3) is 3.75. The van der Waals surface area contributed by atoms with E-state index >= 15 is 0 Å². The van der Waals surface area contributed by atoms with Crippen molar-refractivity contribution in [2.24, 2.45) is 0 Å². The fraction of sp³-hybridized carbons (Fsp3) is 0.333. The second kappa shape index (κ2) is 6.45. The van der Waals surface area contributed by atoms with Gasteiger partial charge in [-0.15, -0.1) is 11.3 Å². The number of hydrogen-bond donors (Lipinski definition) is 2. The molecule has 0 saturated heterocycles. The van der Waals surface area contributed by atoms with Gasteiger partial charge >= 0.3 is 0 Å². The van der Waals surface area contributed by atoms with Crippen LogP contribution in [0.2, 0.25) is 4.34 Å². The third-order valence-electron chi connectivity index (χ3n) is 2.53. The van der Waals surface area contributed by atoms with Crippen LogP contribution in [0.25, 0.3) is 0 Å². The van der Waals surface area contributed by atoms with Crippen molar-refractivity contribution in [3.05, 3.63) is 27.4 Å². The van der Waals surface area contributed by atoms with E-state index < -0.39 is 0 Å². The zero-order valence-electron chi connectivity index (χ0n) is 10.9. The summed E-state index contributed by atoms with van der Waals surface area (Å²) in [7, 11) is 1.85. The molecule has 19 heavy (non-hydrogen) atoms. The number of halogens is 1. The van der Waals surface area contributed by atoms with Gasteiger partial charge in [-0.1, -0.05) is 23.4 Å².